The Balaban J connectivity index is 0.0000650. The zero-order valence-electron chi connectivity index (χ0n) is 77.2. The zero-order chi connectivity index (χ0) is 80.9. The standard InChI is InChI=1S/C100H200N2O9S2.ClH/c1-7-13-19-25-31-37-43-49-55-61-67-73-81-103-93-91(89-112-87-79-101)109-99(97(107-85-77-71-65-59-53-47-41-35-29-23-17-11-5)95(93)105-83-75-69-63-57-51-45-39-33-27-21-15-9-3)111-100-98(108-86-78-72-66-60-54-48-42-36-30-24-18-12-6)96(106-84-76-70-64-58-52-46-40-34-28-22-16-10-4)94(92(110-100)90-113-88-80-102)104-82-74-68-62-56-50-44-38-32-26-20-14-8-2;/h91-100H,7-90,101-102H2,1-6H3;1H/t91-,92-,93-,94-,95+,96+,97-,98+,99-,100-;/m1./s1. The first kappa shape index (κ1) is 113. The quantitative estimate of drug-likeness (QED) is 0.0560. The van der Waals surface area contributed by atoms with E-state index in [0.717, 1.165) is 75.7 Å². The molecule has 684 valence electrons. The molecule has 2 aliphatic rings. The van der Waals surface area contributed by atoms with E-state index in [0.29, 0.717) is 64.2 Å². The molecule has 0 spiro atoms. The largest absolute Gasteiger partial charge is 0.373 e. The normalized spacial score (nSPS) is 19.9. The van der Waals surface area contributed by atoms with Gasteiger partial charge in [0.25, 0.3) is 0 Å². The third-order valence-corrected chi connectivity index (χ3v) is 26.6. The predicted octanol–water partition coefficient (Wildman–Crippen LogP) is 30.8. The van der Waals surface area contributed by atoms with Crippen molar-refractivity contribution >= 4 is 35.9 Å². The summed E-state index contributed by atoms with van der Waals surface area (Å²) in [6.07, 6.45) is 88.7. The van der Waals surface area contributed by atoms with Crippen molar-refractivity contribution in [1.29, 1.82) is 0 Å². The summed E-state index contributed by atoms with van der Waals surface area (Å²) in [7, 11) is 0. The molecule has 0 aromatic rings. The number of hydrogen-bond donors (Lipinski definition) is 2. The molecule has 4 N–H and O–H groups in total. The van der Waals surface area contributed by atoms with Gasteiger partial charge >= 0.3 is 0 Å². The first-order chi connectivity index (χ1) is 56.0. The zero-order valence-corrected chi connectivity index (χ0v) is 79.7. The molecule has 0 unspecified atom stereocenters. The second kappa shape index (κ2) is 91.3. The van der Waals surface area contributed by atoms with Crippen LogP contribution in [0.1, 0.15) is 504 Å². The van der Waals surface area contributed by atoms with Gasteiger partial charge in [-0.25, -0.2) is 0 Å². The van der Waals surface area contributed by atoms with Crippen molar-refractivity contribution in [3.63, 3.8) is 0 Å². The fraction of sp³-hybridized carbons (Fsp3) is 1.00. The molecule has 2 saturated heterocycles. The molecule has 2 fully saturated rings. The SMILES string of the molecule is CCCCCCCCCCCCCCO[C@@H]1[C@H](OCCCCCCCCCCCCCC)[C@@H](O[C@H]2O[C@H](CSCCN)[C@@H](OCCCCCCCCCCCCCC)[C@H](OCCCCCCCCCCCCCC)[C@H]2OCCCCCCCCCCCCCC)O[C@H](CSCCN)[C@H]1OCCCCCCCCCCCCCC.Cl. The van der Waals surface area contributed by atoms with Gasteiger partial charge in [-0.1, -0.05) is 465 Å². The lowest BCUT2D eigenvalue weighted by molar-refractivity contribution is -0.384. The minimum atomic E-state index is -0.815. The van der Waals surface area contributed by atoms with Crippen LogP contribution in [0.3, 0.4) is 0 Å². The Morgan fingerprint density at radius 2 is 0.351 bits per heavy atom. The van der Waals surface area contributed by atoms with E-state index >= 15 is 0 Å². The molecule has 10 atom stereocenters. The summed E-state index contributed by atoms with van der Waals surface area (Å²) in [5.41, 5.74) is 12.7. The maximum absolute atomic E-state index is 7.76. The summed E-state index contributed by atoms with van der Waals surface area (Å²) < 4.78 is 67.4. The number of thioether (sulfide) groups is 2. The van der Waals surface area contributed by atoms with Gasteiger partial charge in [0.2, 0.25) is 0 Å². The van der Waals surface area contributed by atoms with Crippen LogP contribution in [-0.4, -0.2) is 137 Å². The number of halogens is 1. The summed E-state index contributed by atoms with van der Waals surface area (Å²) in [4.78, 5) is 0. The molecule has 0 aromatic carbocycles. The first-order valence-corrected chi connectivity index (χ1v) is 53.6. The Labute approximate surface area is 726 Å². The third kappa shape index (κ3) is 67.0. The second-order valence-electron chi connectivity index (χ2n) is 35.3. The van der Waals surface area contributed by atoms with Crippen LogP contribution in [0.15, 0.2) is 0 Å². The van der Waals surface area contributed by atoms with Gasteiger partial charge in [0.1, 0.15) is 36.6 Å². The monoisotopic (exact) mass is 1670 g/mol. The van der Waals surface area contributed by atoms with E-state index < -0.39 is 37.0 Å². The molecule has 0 aliphatic carbocycles. The average molecular weight is 1680 g/mol. The molecule has 2 aliphatic heterocycles. The minimum absolute atomic E-state index is 0. The molecule has 0 saturated carbocycles. The van der Waals surface area contributed by atoms with Crippen LogP contribution >= 0.6 is 35.9 Å². The first-order valence-electron chi connectivity index (χ1n) is 51.3. The molecule has 2 rings (SSSR count). The number of hydrogen-bond acceptors (Lipinski definition) is 13. The average Bonchev–Trinajstić information content (AvgIpc) is 0.773. The van der Waals surface area contributed by atoms with E-state index in [1.54, 1.807) is 0 Å². The van der Waals surface area contributed by atoms with Crippen LogP contribution in [0.4, 0.5) is 0 Å². The number of ether oxygens (including phenoxy) is 9. The summed E-state index contributed by atoms with van der Waals surface area (Å²) >= 11 is 3.71. The van der Waals surface area contributed by atoms with E-state index in [9.17, 15) is 0 Å². The van der Waals surface area contributed by atoms with Gasteiger partial charge in [0, 0.05) is 75.7 Å². The van der Waals surface area contributed by atoms with Gasteiger partial charge in [0.05, 0.1) is 12.2 Å². The topological polar surface area (TPSA) is 135 Å². The van der Waals surface area contributed by atoms with Crippen molar-refractivity contribution in [3.05, 3.63) is 0 Å². The van der Waals surface area contributed by atoms with Crippen LogP contribution in [0.2, 0.25) is 0 Å². The molecule has 0 aromatic heterocycles. The molecule has 2 heterocycles. The van der Waals surface area contributed by atoms with E-state index in [1.165, 1.54) is 398 Å². The lowest BCUT2D eigenvalue weighted by Crippen LogP contribution is -2.66. The van der Waals surface area contributed by atoms with E-state index in [4.69, 9.17) is 54.1 Å². The van der Waals surface area contributed by atoms with Gasteiger partial charge in [-0.15, -0.1) is 12.4 Å². The van der Waals surface area contributed by atoms with E-state index in [2.05, 4.69) is 41.5 Å². The smallest absolute Gasteiger partial charge is 0.190 e. The molecular weight excluding hydrogens is 1470 g/mol. The maximum Gasteiger partial charge on any atom is 0.190 e. The summed E-state index contributed by atoms with van der Waals surface area (Å²) in [5.74, 6) is 3.10. The van der Waals surface area contributed by atoms with Crippen LogP contribution in [0, 0.1) is 0 Å². The third-order valence-electron chi connectivity index (χ3n) is 24.4. The molecule has 0 amide bonds. The molecular formula is C100H201ClN2O9S2. The Hall–Kier alpha value is 0.550. The van der Waals surface area contributed by atoms with Gasteiger partial charge in [-0.3, -0.25) is 0 Å². The molecule has 0 bridgehead atoms. The van der Waals surface area contributed by atoms with Crippen LogP contribution in [-0.2, 0) is 42.6 Å². The summed E-state index contributed by atoms with van der Waals surface area (Å²) in [6.45, 7) is 18.9. The van der Waals surface area contributed by atoms with Crippen LogP contribution in [0.25, 0.3) is 0 Å². The Bertz CT molecular complexity index is 1700. The van der Waals surface area contributed by atoms with Gasteiger partial charge in [-0.05, 0) is 38.5 Å². The van der Waals surface area contributed by atoms with Crippen LogP contribution in [0.5, 0.6) is 0 Å². The Morgan fingerprint density at radius 3 is 0.518 bits per heavy atom. The highest BCUT2D eigenvalue weighted by Crippen LogP contribution is 2.38. The molecule has 0 radical (unpaired) electrons. The van der Waals surface area contributed by atoms with Crippen molar-refractivity contribution in [2.75, 3.05) is 75.7 Å². The highest BCUT2D eigenvalue weighted by Gasteiger charge is 2.54. The fourth-order valence-corrected chi connectivity index (χ4v) is 18.7. The number of nitrogens with two attached hydrogens (primary N) is 2. The van der Waals surface area contributed by atoms with Gasteiger partial charge in [0.15, 0.2) is 12.6 Å². The number of unbranched alkanes of at least 4 members (excludes halogenated alkanes) is 66. The highest BCUT2D eigenvalue weighted by molar-refractivity contribution is 7.99. The molecule has 114 heavy (non-hydrogen) atoms. The second-order valence-corrected chi connectivity index (χ2v) is 37.6. The van der Waals surface area contributed by atoms with Crippen molar-refractivity contribution in [2.24, 2.45) is 11.5 Å². The van der Waals surface area contributed by atoms with Crippen molar-refractivity contribution in [3.8, 4) is 0 Å². The summed E-state index contributed by atoms with van der Waals surface area (Å²) in [5, 5.41) is 0. The van der Waals surface area contributed by atoms with E-state index in [-0.39, 0.29) is 36.8 Å². The van der Waals surface area contributed by atoms with Crippen LogP contribution < -0.4 is 11.5 Å². The lowest BCUT2D eigenvalue weighted by Gasteiger charge is -2.50. The van der Waals surface area contributed by atoms with Gasteiger partial charge in [-0.2, -0.15) is 23.5 Å². The molecule has 11 nitrogen and oxygen atoms in total. The Morgan fingerprint density at radius 1 is 0.202 bits per heavy atom. The lowest BCUT2D eigenvalue weighted by atomic mass is 9.97. The van der Waals surface area contributed by atoms with Crippen molar-refractivity contribution < 1.29 is 42.6 Å². The highest BCUT2D eigenvalue weighted by atomic mass is 35.5. The molecule has 14 heteroatoms. The van der Waals surface area contributed by atoms with Crippen molar-refractivity contribution in [1.82, 2.24) is 0 Å². The fourth-order valence-electron chi connectivity index (χ4n) is 17.1. The minimum Gasteiger partial charge on any atom is -0.373 e. The number of rotatable bonds is 94. The summed E-state index contributed by atoms with van der Waals surface area (Å²) in [6, 6.07) is 0. The Kier molecular flexibility index (Phi) is 90.1. The van der Waals surface area contributed by atoms with Crippen molar-refractivity contribution in [2.45, 2.75) is 565 Å². The maximum atomic E-state index is 7.76. The van der Waals surface area contributed by atoms with Gasteiger partial charge < -0.3 is 54.1 Å². The predicted molar refractivity (Wildman–Crippen MR) is 503 cm³/mol. The van der Waals surface area contributed by atoms with E-state index in [1.807, 2.05) is 23.5 Å².